The first-order valence-electron chi connectivity index (χ1n) is 2.31. The van der Waals surface area contributed by atoms with Gasteiger partial charge in [-0.1, -0.05) is 12.1 Å². The summed E-state index contributed by atoms with van der Waals surface area (Å²) in [5.74, 6) is -0.354. The fraction of sp³-hybridized carbons (Fsp3) is 0. The average molecular weight is 192 g/mol. The lowest BCUT2D eigenvalue weighted by atomic mass is 10.3. The number of rotatable bonds is 0. The highest BCUT2D eigenvalue weighted by Crippen LogP contribution is 2.05. The van der Waals surface area contributed by atoms with Crippen molar-refractivity contribution in [1.82, 2.24) is 0 Å². The maximum Gasteiger partial charge on any atom is 0.146 e. The van der Waals surface area contributed by atoms with Crippen molar-refractivity contribution in [3.05, 3.63) is 30.1 Å². The largest absolute Gasteiger partial charge is 0.396 e. The Morgan fingerprint density at radius 3 is 2.11 bits per heavy atom. The van der Waals surface area contributed by atoms with E-state index in [9.17, 15) is 4.39 Å². The van der Waals surface area contributed by atoms with Gasteiger partial charge in [-0.25, -0.2) is 4.39 Å². The van der Waals surface area contributed by atoms with Crippen LogP contribution in [-0.4, -0.2) is 0 Å². The van der Waals surface area contributed by atoms with Gasteiger partial charge in [0.05, 0.1) is 5.69 Å². The number of nitrogen functional groups attached to an aromatic ring is 1. The van der Waals surface area contributed by atoms with Crippen LogP contribution in [0.3, 0.4) is 0 Å². The summed E-state index contributed by atoms with van der Waals surface area (Å²) in [7, 11) is 0. The average Bonchev–Trinajstić information content (AvgIpc) is 1.77. The van der Waals surface area contributed by atoms with Crippen LogP contribution in [0, 0.1) is 5.82 Å². The predicted molar refractivity (Wildman–Crippen MR) is 41.1 cm³/mol. The summed E-state index contributed by atoms with van der Waals surface area (Å²) in [6.45, 7) is 0. The molecule has 0 amide bonds. The third-order valence-corrected chi connectivity index (χ3v) is 0.905. The summed E-state index contributed by atoms with van der Waals surface area (Å²) in [6, 6.07) is 6.15. The molecule has 2 N–H and O–H groups in total. The first kappa shape index (κ1) is 8.43. The quantitative estimate of drug-likeness (QED) is 0.625. The third-order valence-electron chi connectivity index (χ3n) is 0.905. The van der Waals surface area contributed by atoms with Crippen molar-refractivity contribution >= 4 is 22.7 Å². The van der Waals surface area contributed by atoms with Crippen molar-refractivity contribution in [2.75, 3.05) is 5.73 Å². The zero-order valence-corrected chi connectivity index (χ0v) is 6.39. The molecule has 0 aliphatic carbocycles. The SMILES string of the molecule is Br.Nc1ccccc1F. The Balaban J connectivity index is 0.000000640. The molecule has 1 rings (SSSR count). The lowest BCUT2D eigenvalue weighted by molar-refractivity contribution is 0.632. The molecule has 9 heavy (non-hydrogen) atoms. The van der Waals surface area contributed by atoms with Crippen LogP contribution in [0.25, 0.3) is 0 Å². The van der Waals surface area contributed by atoms with Crippen LogP contribution in [0.2, 0.25) is 0 Å². The summed E-state index contributed by atoms with van der Waals surface area (Å²) in [5, 5.41) is 0. The number of hydrogen-bond acceptors (Lipinski definition) is 1. The number of nitrogens with two attached hydrogens (primary N) is 1. The Hall–Kier alpha value is -0.570. The molecule has 0 radical (unpaired) electrons. The maximum atomic E-state index is 12.2. The number of hydrogen-bond donors (Lipinski definition) is 1. The van der Waals surface area contributed by atoms with Crippen molar-refractivity contribution in [2.24, 2.45) is 0 Å². The van der Waals surface area contributed by atoms with Gasteiger partial charge in [0.25, 0.3) is 0 Å². The topological polar surface area (TPSA) is 26.0 Å². The standard InChI is InChI=1S/C6H6FN.BrH/c7-5-3-1-2-4-6(5)8;/h1-4H,8H2;1H. The van der Waals surface area contributed by atoms with Gasteiger partial charge in [0.15, 0.2) is 0 Å². The van der Waals surface area contributed by atoms with Crippen LogP contribution in [0.5, 0.6) is 0 Å². The van der Waals surface area contributed by atoms with Crippen molar-refractivity contribution in [3.63, 3.8) is 0 Å². The summed E-state index contributed by atoms with van der Waals surface area (Å²) in [4.78, 5) is 0. The summed E-state index contributed by atoms with van der Waals surface area (Å²) >= 11 is 0. The van der Waals surface area contributed by atoms with Gasteiger partial charge in [-0.2, -0.15) is 0 Å². The minimum Gasteiger partial charge on any atom is -0.396 e. The van der Waals surface area contributed by atoms with Crippen LogP contribution in [0.4, 0.5) is 10.1 Å². The number of halogens is 2. The van der Waals surface area contributed by atoms with Crippen LogP contribution in [0.15, 0.2) is 24.3 Å². The van der Waals surface area contributed by atoms with Gasteiger partial charge in [0, 0.05) is 0 Å². The molecule has 0 saturated heterocycles. The van der Waals surface area contributed by atoms with Gasteiger partial charge in [-0.3, -0.25) is 0 Å². The van der Waals surface area contributed by atoms with Crippen molar-refractivity contribution in [3.8, 4) is 0 Å². The fourth-order valence-corrected chi connectivity index (χ4v) is 0.475. The smallest absolute Gasteiger partial charge is 0.146 e. The third kappa shape index (κ3) is 2.01. The van der Waals surface area contributed by atoms with E-state index in [4.69, 9.17) is 5.73 Å². The highest BCUT2D eigenvalue weighted by atomic mass is 79.9. The van der Waals surface area contributed by atoms with E-state index in [-0.39, 0.29) is 28.5 Å². The molecule has 50 valence electrons. The van der Waals surface area contributed by atoms with Crippen molar-refractivity contribution in [2.45, 2.75) is 0 Å². The first-order valence-corrected chi connectivity index (χ1v) is 2.31. The summed E-state index contributed by atoms with van der Waals surface area (Å²) < 4.78 is 12.2. The second-order valence-electron chi connectivity index (χ2n) is 1.52. The number of benzene rings is 1. The Bertz CT molecular complexity index is 169. The van der Waals surface area contributed by atoms with Gasteiger partial charge < -0.3 is 5.73 Å². The molecule has 0 atom stereocenters. The zero-order chi connectivity index (χ0) is 5.98. The highest BCUT2D eigenvalue weighted by molar-refractivity contribution is 8.93. The molecule has 0 unspecified atom stereocenters. The molecule has 0 bridgehead atoms. The van der Waals surface area contributed by atoms with Crippen molar-refractivity contribution < 1.29 is 4.39 Å². The molecule has 1 aromatic rings. The van der Waals surface area contributed by atoms with Gasteiger partial charge in [-0.15, -0.1) is 17.0 Å². The molecule has 0 aromatic heterocycles. The molecule has 1 aromatic carbocycles. The lowest BCUT2D eigenvalue weighted by Gasteiger charge is -1.89. The van der Waals surface area contributed by atoms with E-state index >= 15 is 0 Å². The predicted octanol–water partition coefficient (Wildman–Crippen LogP) is 1.99. The molecule has 3 heteroatoms. The minimum atomic E-state index is -0.354. The molecular weight excluding hydrogens is 185 g/mol. The Morgan fingerprint density at radius 1 is 1.22 bits per heavy atom. The monoisotopic (exact) mass is 191 g/mol. The normalized spacial score (nSPS) is 8.11. The molecule has 1 nitrogen and oxygen atoms in total. The number of anilines is 1. The van der Waals surface area contributed by atoms with E-state index in [2.05, 4.69) is 0 Å². The summed E-state index contributed by atoms with van der Waals surface area (Å²) in [6.07, 6.45) is 0. The Morgan fingerprint density at radius 2 is 1.78 bits per heavy atom. The van der Waals surface area contributed by atoms with E-state index in [1.807, 2.05) is 0 Å². The molecule has 0 saturated carbocycles. The molecular formula is C6H7BrFN. The van der Waals surface area contributed by atoms with E-state index in [0.717, 1.165) is 0 Å². The van der Waals surface area contributed by atoms with Gasteiger partial charge in [0.1, 0.15) is 5.82 Å². The van der Waals surface area contributed by atoms with E-state index in [1.165, 1.54) is 12.1 Å². The molecule has 0 heterocycles. The van der Waals surface area contributed by atoms with E-state index in [0.29, 0.717) is 0 Å². The maximum absolute atomic E-state index is 12.2. The molecule has 0 fully saturated rings. The Labute approximate surface area is 63.4 Å². The van der Waals surface area contributed by atoms with E-state index < -0.39 is 0 Å². The molecule has 0 aliphatic heterocycles. The van der Waals surface area contributed by atoms with E-state index in [1.54, 1.807) is 12.1 Å². The van der Waals surface area contributed by atoms with Gasteiger partial charge in [-0.05, 0) is 12.1 Å². The zero-order valence-electron chi connectivity index (χ0n) is 4.67. The van der Waals surface area contributed by atoms with Crippen LogP contribution in [-0.2, 0) is 0 Å². The number of para-hydroxylation sites is 1. The summed E-state index contributed by atoms with van der Waals surface area (Å²) in [5.41, 5.74) is 5.35. The second kappa shape index (κ2) is 3.45. The second-order valence-corrected chi connectivity index (χ2v) is 1.52. The van der Waals surface area contributed by atoms with Crippen LogP contribution < -0.4 is 5.73 Å². The van der Waals surface area contributed by atoms with Gasteiger partial charge >= 0.3 is 0 Å². The highest BCUT2D eigenvalue weighted by Gasteiger charge is 1.89. The van der Waals surface area contributed by atoms with Crippen LogP contribution in [0.1, 0.15) is 0 Å². The fourth-order valence-electron chi connectivity index (χ4n) is 0.475. The van der Waals surface area contributed by atoms with Gasteiger partial charge in [0.2, 0.25) is 0 Å². The lowest BCUT2D eigenvalue weighted by Crippen LogP contribution is -1.86. The molecule has 0 aliphatic rings. The van der Waals surface area contributed by atoms with Crippen LogP contribution >= 0.6 is 17.0 Å². The Kier molecular flexibility index (Phi) is 3.24. The minimum absolute atomic E-state index is 0. The molecule has 0 spiro atoms. The van der Waals surface area contributed by atoms with Crippen molar-refractivity contribution in [1.29, 1.82) is 0 Å². The first-order chi connectivity index (χ1) is 3.80.